The summed E-state index contributed by atoms with van der Waals surface area (Å²) in [5, 5.41) is 10.7. The Morgan fingerprint density at radius 1 is 1.23 bits per heavy atom. The number of ether oxygens (including phenoxy) is 1. The molecule has 1 heterocycles. The minimum atomic E-state index is -0.386. The second-order valence-corrected chi connectivity index (χ2v) is 6.42. The summed E-state index contributed by atoms with van der Waals surface area (Å²) in [6.45, 7) is 2.46. The van der Waals surface area contributed by atoms with E-state index >= 15 is 0 Å². The molecule has 6 heteroatoms. The second-order valence-electron chi connectivity index (χ2n) is 5.46. The van der Waals surface area contributed by atoms with Crippen molar-refractivity contribution in [3.8, 4) is 11.8 Å². The van der Waals surface area contributed by atoms with E-state index in [0.29, 0.717) is 22.8 Å². The van der Waals surface area contributed by atoms with Gasteiger partial charge in [-0.25, -0.2) is 9.37 Å². The van der Waals surface area contributed by atoms with Crippen molar-refractivity contribution in [2.24, 2.45) is 0 Å². The van der Waals surface area contributed by atoms with Crippen LogP contribution in [0.25, 0.3) is 10.9 Å². The zero-order chi connectivity index (χ0) is 18.5. The Bertz CT molecular complexity index is 997. The van der Waals surface area contributed by atoms with Crippen molar-refractivity contribution in [2.45, 2.75) is 11.9 Å². The first kappa shape index (κ1) is 17.9. The van der Waals surface area contributed by atoms with E-state index in [2.05, 4.69) is 11.1 Å². The molecule has 0 radical (unpaired) electrons. The predicted octanol–water partition coefficient (Wildman–Crippen LogP) is 4.62. The van der Waals surface area contributed by atoms with Gasteiger partial charge in [-0.1, -0.05) is 11.8 Å². The second kappa shape index (κ2) is 7.98. The molecule has 130 valence electrons. The predicted molar refractivity (Wildman–Crippen MR) is 99.1 cm³/mol. The van der Waals surface area contributed by atoms with Crippen LogP contribution in [0.2, 0.25) is 0 Å². The summed E-state index contributed by atoms with van der Waals surface area (Å²) in [4.78, 5) is 16.7. The van der Waals surface area contributed by atoms with E-state index < -0.39 is 0 Å². The van der Waals surface area contributed by atoms with E-state index in [4.69, 9.17) is 4.74 Å². The molecule has 0 amide bonds. The summed E-state index contributed by atoms with van der Waals surface area (Å²) in [5.74, 6) is 0.309. The molecule has 0 aliphatic rings. The van der Waals surface area contributed by atoms with Crippen molar-refractivity contribution < 1.29 is 13.9 Å². The third kappa shape index (κ3) is 4.01. The van der Waals surface area contributed by atoms with Gasteiger partial charge in [0.15, 0.2) is 5.78 Å². The highest BCUT2D eigenvalue weighted by Gasteiger charge is 2.12. The highest BCUT2D eigenvalue weighted by Crippen LogP contribution is 2.27. The Morgan fingerprint density at radius 2 is 2.00 bits per heavy atom. The molecule has 1 aromatic heterocycles. The van der Waals surface area contributed by atoms with Gasteiger partial charge < -0.3 is 4.74 Å². The van der Waals surface area contributed by atoms with Crippen LogP contribution in [0.1, 0.15) is 22.8 Å². The van der Waals surface area contributed by atoms with Gasteiger partial charge in [-0.05, 0) is 55.5 Å². The summed E-state index contributed by atoms with van der Waals surface area (Å²) in [7, 11) is 0. The summed E-state index contributed by atoms with van der Waals surface area (Å²) >= 11 is 1.20. The molecule has 2 aromatic carbocycles. The lowest BCUT2D eigenvalue weighted by Crippen LogP contribution is -2.03. The fourth-order valence-corrected chi connectivity index (χ4v) is 3.29. The number of nitriles is 1. The Balaban J connectivity index is 1.82. The van der Waals surface area contributed by atoms with Crippen LogP contribution in [0.15, 0.2) is 53.6 Å². The first-order valence-corrected chi connectivity index (χ1v) is 8.98. The van der Waals surface area contributed by atoms with Gasteiger partial charge in [0, 0.05) is 10.9 Å². The average Bonchev–Trinajstić information content (AvgIpc) is 2.66. The number of rotatable bonds is 6. The zero-order valence-electron chi connectivity index (χ0n) is 14.0. The van der Waals surface area contributed by atoms with Crippen LogP contribution in [-0.4, -0.2) is 23.1 Å². The number of carbonyl (C=O) groups excluding carboxylic acids is 1. The molecule has 4 nitrogen and oxygen atoms in total. The molecule has 26 heavy (non-hydrogen) atoms. The number of halogens is 1. The molecule has 0 spiro atoms. The van der Waals surface area contributed by atoms with Crippen LogP contribution in [0.5, 0.6) is 5.75 Å². The van der Waals surface area contributed by atoms with E-state index in [0.717, 1.165) is 16.7 Å². The van der Waals surface area contributed by atoms with E-state index in [9.17, 15) is 14.4 Å². The van der Waals surface area contributed by atoms with Gasteiger partial charge in [-0.15, -0.1) is 0 Å². The highest BCUT2D eigenvalue weighted by atomic mass is 32.2. The molecule has 0 saturated heterocycles. The van der Waals surface area contributed by atoms with Gasteiger partial charge in [0.05, 0.1) is 23.4 Å². The van der Waals surface area contributed by atoms with Crippen LogP contribution in [0, 0.1) is 17.1 Å². The zero-order valence-corrected chi connectivity index (χ0v) is 14.8. The molecule has 0 fully saturated rings. The van der Waals surface area contributed by atoms with Gasteiger partial charge in [0.25, 0.3) is 0 Å². The van der Waals surface area contributed by atoms with E-state index in [-0.39, 0.29) is 17.4 Å². The molecule has 0 bridgehead atoms. The monoisotopic (exact) mass is 366 g/mol. The first-order valence-electron chi connectivity index (χ1n) is 8.00. The van der Waals surface area contributed by atoms with E-state index in [1.54, 1.807) is 6.07 Å². The molecule has 0 aliphatic carbocycles. The first-order chi connectivity index (χ1) is 12.6. The largest absolute Gasteiger partial charge is 0.494 e. The van der Waals surface area contributed by atoms with Crippen molar-refractivity contribution in [1.82, 2.24) is 4.98 Å². The van der Waals surface area contributed by atoms with Gasteiger partial charge in [-0.2, -0.15) is 5.26 Å². The molecular weight excluding hydrogens is 351 g/mol. The Hall–Kier alpha value is -2.91. The number of fused-ring (bicyclic) bond motifs is 1. The van der Waals surface area contributed by atoms with Crippen LogP contribution in [0.4, 0.5) is 4.39 Å². The fourth-order valence-electron chi connectivity index (χ4n) is 2.44. The van der Waals surface area contributed by atoms with Crippen molar-refractivity contribution >= 4 is 28.4 Å². The third-order valence-electron chi connectivity index (χ3n) is 3.69. The smallest absolute Gasteiger partial charge is 0.173 e. The molecule has 3 rings (SSSR count). The van der Waals surface area contributed by atoms with Gasteiger partial charge >= 0.3 is 0 Å². The van der Waals surface area contributed by atoms with Gasteiger partial charge in [0.2, 0.25) is 0 Å². The topological polar surface area (TPSA) is 63.0 Å². The quantitative estimate of drug-likeness (QED) is 0.470. The van der Waals surface area contributed by atoms with Crippen LogP contribution in [0.3, 0.4) is 0 Å². The number of hydrogen-bond acceptors (Lipinski definition) is 5. The van der Waals surface area contributed by atoms with Gasteiger partial charge in [-0.3, -0.25) is 4.79 Å². The van der Waals surface area contributed by atoms with Crippen molar-refractivity contribution in [3.05, 3.63) is 65.5 Å². The number of carbonyl (C=O) groups is 1. The maximum Gasteiger partial charge on any atom is 0.173 e. The maximum atomic E-state index is 13.0. The molecule has 3 aromatic rings. The molecule has 0 unspecified atom stereocenters. The third-order valence-corrected chi connectivity index (χ3v) is 4.68. The summed E-state index contributed by atoms with van der Waals surface area (Å²) < 4.78 is 18.4. The number of benzene rings is 2. The van der Waals surface area contributed by atoms with Crippen LogP contribution < -0.4 is 4.74 Å². The lowest BCUT2D eigenvalue weighted by molar-refractivity contribution is 0.102. The van der Waals surface area contributed by atoms with Crippen LogP contribution >= 0.6 is 11.8 Å². The van der Waals surface area contributed by atoms with Crippen molar-refractivity contribution in [1.29, 1.82) is 5.26 Å². The Morgan fingerprint density at radius 3 is 2.69 bits per heavy atom. The van der Waals surface area contributed by atoms with Crippen LogP contribution in [-0.2, 0) is 0 Å². The lowest BCUT2D eigenvalue weighted by atomic mass is 10.1. The summed E-state index contributed by atoms with van der Waals surface area (Å²) in [6.07, 6.45) is 0. The average molecular weight is 366 g/mol. The van der Waals surface area contributed by atoms with Gasteiger partial charge in [0.1, 0.15) is 22.7 Å². The molecule has 0 atom stereocenters. The summed E-state index contributed by atoms with van der Waals surface area (Å²) in [6, 6.07) is 14.8. The normalized spacial score (nSPS) is 10.5. The number of hydrogen-bond donors (Lipinski definition) is 0. The Labute approximate surface area is 154 Å². The maximum absolute atomic E-state index is 13.0. The molecule has 0 aliphatic heterocycles. The van der Waals surface area contributed by atoms with E-state index in [1.165, 1.54) is 36.0 Å². The number of aromatic nitrogens is 1. The van der Waals surface area contributed by atoms with E-state index in [1.807, 2.05) is 25.1 Å². The van der Waals surface area contributed by atoms with Crippen molar-refractivity contribution in [2.75, 3.05) is 12.4 Å². The fraction of sp³-hybridized carbons (Fsp3) is 0.150. The number of Topliss-reactive ketones (excluding diaryl/α,β-unsaturated/α-hetero) is 1. The number of ketones is 1. The standard InChI is InChI=1S/C20H15FN2O2S/c1-2-25-17-7-8-18-14(10-17)9-15(11-22)20(23-18)26-12-19(24)13-3-5-16(21)6-4-13/h3-10H,2,12H2,1H3. The molecule has 0 N–H and O–H groups in total. The Kier molecular flexibility index (Phi) is 5.49. The minimum absolute atomic E-state index is 0.121. The highest BCUT2D eigenvalue weighted by molar-refractivity contribution is 8.00. The molecular formula is C20H15FN2O2S. The SMILES string of the molecule is CCOc1ccc2nc(SCC(=O)c3ccc(F)cc3)c(C#N)cc2c1. The number of thioether (sulfide) groups is 1. The summed E-state index contributed by atoms with van der Waals surface area (Å²) in [5.41, 5.74) is 1.56. The minimum Gasteiger partial charge on any atom is -0.494 e. The molecule has 0 saturated carbocycles. The lowest BCUT2D eigenvalue weighted by Gasteiger charge is -2.08. The number of nitrogens with zero attached hydrogens (tertiary/aromatic N) is 2. The van der Waals surface area contributed by atoms with Crippen molar-refractivity contribution in [3.63, 3.8) is 0 Å². The number of pyridine rings is 1.